The largest absolute Gasteiger partial charge is 0.497 e. The summed E-state index contributed by atoms with van der Waals surface area (Å²) in [7, 11) is 1.71. The van der Waals surface area contributed by atoms with Gasteiger partial charge in [0.05, 0.1) is 7.11 Å². The molecule has 1 aliphatic rings. The highest BCUT2D eigenvalue weighted by atomic mass is 16.5. The molecule has 1 nitrogen and oxygen atoms in total. The molecule has 0 aliphatic heterocycles. The van der Waals surface area contributed by atoms with Gasteiger partial charge in [-0.1, -0.05) is 78.9 Å². The zero-order valence-corrected chi connectivity index (χ0v) is 16.3. The van der Waals surface area contributed by atoms with E-state index >= 15 is 0 Å². The minimum absolute atomic E-state index is 0.624. The van der Waals surface area contributed by atoms with Crippen LogP contribution in [0.2, 0.25) is 0 Å². The first-order valence-corrected chi connectivity index (χ1v) is 9.99. The summed E-state index contributed by atoms with van der Waals surface area (Å²) in [5.74, 6) is 1.52. The van der Waals surface area contributed by atoms with Crippen molar-refractivity contribution in [2.45, 2.75) is 25.2 Å². The van der Waals surface area contributed by atoms with E-state index in [4.69, 9.17) is 4.74 Å². The van der Waals surface area contributed by atoms with Crippen LogP contribution in [0.15, 0.2) is 96.6 Å². The third kappa shape index (κ3) is 4.26. The molecule has 0 saturated heterocycles. The lowest BCUT2D eigenvalue weighted by Gasteiger charge is -2.24. The van der Waals surface area contributed by atoms with Crippen LogP contribution in [0.25, 0.3) is 11.6 Å². The van der Waals surface area contributed by atoms with Crippen molar-refractivity contribution in [3.8, 4) is 5.75 Å². The lowest BCUT2D eigenvalue weighted by molar-refractivity contribution is 0.415. The fraction of sp³-hybridized carbons (Fsp3) is 0.185. The van der Waals surface area contributed by atoms with Crippen molar-refractivity contribution in [2.75, 3.05) is 7.11 Å². The second-order valence-electron chi connectivity index (χ2n) is 7.31. The molecule has 28 heavy (non-hydrogen) atoms. The van der Waals surface area contributed by atoms with Crippen LogP contribution in [0.1, 0.15) is 41.9 Å². The maximum absolute atomic E-state index is 5.34. The van der Waals surface area contributed by atoms with Gasteiger partial charge in [0.1, 0.15) is 5.75 Å². The molecule has 0 spiro atoms. The molecule has 1 atom stereocenters. The van der Waals surface area contributed by atoms with Crippen molar-refractivity contribution in [2.24, 2.45) is 0 Å². The summed E-state index contributed by atoms with van der Waals surface area (Å²) in [6, 6.07) is 29.9. The Morgan fingerprint density at radius 1 is 0.857 bits per heavy atom. The van der Waals surface area contributed by atoms with E-state index in [1.165, 1.54) is 34.3 Å². The van der Waals surface area contributed by atoms with E-state index in [-0.39, 0.29) is 0 Å². The zero-order valence-electron chi connectivity index (χ0n) is 16.3. The summed E-state index contributed by atoms with van der Waals surface area (Å²) >= 11 is 0. The summed E-state index contributed by atoms with van der Waals surface area (Å²) < 4.78 is 5.34. The summed E-state index contributed by atoms with van der Waals surface area (Å²) in [5.41, 5.74) is 6.70. The molecule has 0 fully saturated rings. The van der Waals surface area contributed by atoms with Gasteiger partial charge in [-0.25, -0.2) is 0 Å². The van der Waals surface area contributed by atoms with E-state index in [9.17, 15) is 0 Å². The van der Waals surface area contributed by atoms with Gasteiger partial charge in [-0.3, -0.25) is 0 Å². The fourth-order valence-corrected chi connectivity index (χ4v) is 3.95. The number of allylic oxidation sites excluding steroid dienone is 3. The highest BCUT2D eigenvalue weighted by Crippen LogP contribution is 2.38. The Labute approximate surface area is 168 Å². The van der Waals surface area contributed by atoms with E-state index in [1.807, 2.05) is 12.1 Å². The van der Waals surface area contributed by atoms with Crippen LogP contribution in [0.3, 0.4) is 0 Å². The molecule has 0 heterocycles. The Hall–Kier alpha value is -3.06. The molecule has 0 N–H and O–H groups in total. The number of hydrogen-bond donors (Lipinski definition) is 0. The van der Waals surface area contributed by atoms with Crippen LogP contribution in [-0.4, -0.2) is 7.11 Å². The lowest BCUT2D eigenvalue weighted by Crippen LogP contribution is -2.05. The summed E-state index contributed by atoms with van der Waals surface area (Å²) in [6.45, 7) is 0. The molecule has 140 valence electrons. The number of methoxy groups -OCH3 is 1. The van der Waals surface area contributed by atoms with Crippen molar-refractivity contribution in [3.05, 3.63) is 113 Å². The van der Waals surface area contributed by atoms with Crippen LogP contribution in [0, 0.1) is 0 Å². The third-order valence-electron chi connectivity index (χ3n) is 5.54. The van der Waals surface area contributed by atoms with Crippen molar-refractivity contribution in [3.63, 3.8) is 0 Å². The molecule has 4 rings (SSSR count). The molecule has 0 aromatic heterocycles. The van der Waals surface area contributed by atoms with Gasteiger partial charge in [-0.05, 0) is 71.2 Å². The molecule has 1 aliphatic carbocycles. The van der Waals surface area contributed by atoms with Crippen molar-refractivity contribution in [1.82, 2.24) is 0 Å². The van der Waals surface area contributed by atoms with E-state index in [2.05, 4.69) is 84.9 Å². The van der Waals surface area contributed by atoms with Crippen LogP contribution < -0.4 is 4.74 Å². The van der Waals surface area contributed by atoms with Crippen LogP contribution in [-0.2, 0) is 0 Å². The number of rotatable bonds is 5. The van der Waals surface area contributed by atoms with Gasteiger partial charge in [0.25, 0.3) is 0 Å². The maximum atomic E-state index is 5.34. The SMILES string of the molecule is COc1ccc(/C(=C/c2ccccc2)C2=CCC(c3ccccc3)CC2)cc1. The summed E-state index contributed by atoms with van der Waals surface area (Å²) in [4.78, 5) is 0. The fourth-order valence-electron chi connectivity index (χ4n) is 3.95. The quantitative estimate of drug-likeness (QED) is 0.436. The lowest BCUT2D eigenvalue weighted by atomic mass is 9.81. The van der Waals surface area contributed by atoms with Crippen molar-refractivity contribution >= 4 is 11.6 Å². The molecule has 1 heteroatoms. The zero-order chi connectivity index (χ0) is 19.2. The second-order valence-corrected chi connectivity index (χ2v) is 7.31. The third-order valence-corrected chi connectivity index (χ3v) is 5.54. The summed E-state index contributed by atoms with van der Waals surface area (Å²) in [5, 5.41) is 0. The highest BCUT2D eigenvalue weighted by Gasteiger charge is 2.19. The standard InChI is InChI=1S/C27H26O/c1-28-26-18-16-25(17-19-26)27(20-21-8-4-2-5-9-21)24-14-12-23(13-15-24)22-10-6-3-7-11-22/h2-11,14,16-20,23H,12-13,15H2,1H3/b27-20+. The van der Waals surface area contributed by atoms with Gasteiger partial charge in [0.2, 0.25) is 0 Å². The number of hydrogen-bond acceptors (Lipinski definition) is 1. The molecule has 3 aromatic rings. The van der Waals surface area contributed by atoms with Crippen molar-refractivity contribution < 1.29 is 4.74 Å². The minimum atomic E-state index is 0.624. The molecule has 0 saturated carbocycles. The first kappa shape index (κ1) is 18.3. The highest BCUT2D eigenvalue weighted by molar-refractivity contribution is 5.91. The Balaban J connectivity index is 1.66. The second kappa shape index (κ2) is 8.75. The molecule has 3 aromatic carbocycles. The molecule has 0 bridgehead atoms. The first-order chi connectivity index (χ1) is 13.8. The predicted molar refractivity (Wildman–Crippen MR) is 118 cm³/mol. The van der Waals surface area contributed by atoms with Gasteiger partial charge in [-0.15, -0.1) is 0 Å². The maximum Gasteiger partial charge on any atom is 0.118 e. The molecule has 0 amide bonds. The molecular weight excluding hydrogens is 340 g/mol. The first-order valence-electron chi connectivity index (χ1n) is 9.99. The molecule has 0 radical (unpaired) electrons. The van der Waals surface area contributed by atoms with Gasteiger partial charge in [0.15, 0.2) is 0 Å². The normalized spacial score (nSPS) is 17.1. The van der Waals surface area contributed by atoms with Gasteiger partial charge in [0, 0.05) is 0 Å². The minimum Gasteiger partial charge on any atom is -0.497 e. The Kier molecular flexibility index (Phi) is 5.72. The Morgan fingerprint density at radius 2 is 1.54 bits per heavy atom. The number of ether oxygens (including phenoxy) is 1. The number of benzene rings is 3. The average Bonchev–Trinajstić information content (AvgIpc) is 2.79. The molecule has 1 unspecified atom stereocenters. The van der Waals surface area contributed by atoms with Crippen molar-refractivity contribution in [1.29, 1.82) is 0 Å². The van der Waals surface area contributed by atoms with Crippen LogP contribution >= 0.6 is 0 Å². The monoisotopic (exact) mass is 366 g/mol. The topological polar surface area (TPSA) is 9.23 Å². The van der Waals surface area contributed by atoms with Gasteiger partial charge >= 0.3 is 0 Å². The van der Waals surface area contributed by atoms with Gasteiger partial charge < -0.3 is 4.74 Å². The van der Waals surface area contributed by atoms with Crippen LogP contribution in [0.5, 0.6) is 5.75 Å². The van der Waals surface area contributed by atoms with Gasteiger partial charge in [-0.2, -0.15) is 0 Å². The average molecular weight is 367 g/mol. The van der Waals surface area contributed by atoms with E-state index in [0.29, 0.717) is 5.92 Å². The van der Waals surface area contributed by atoms with E-state index in [1.54, 1.807) is 7.11 Å². The Bertz CT molecular complexity index is 950. The van der Waals surface area contributed by atoms with E-state index < -0.39 is 0 Å². The van der Waals surface area contributed by atoms with Crippen LogP contribution in [0.4, 0.5) is 0 Å². The predicted octanol–water partition coefficient (Wildman–Crippen LogP) is 7.13. The smallest absolute Gasteiger partial charge is 0.118 e. The Morgan fingerprint density at radius 3 is 2.14 bits per heavy atom. The molecular formula is C27H26O. The summed E-state index contributed by atoms with van der Waals surface area (Å²) in [6.07, 6.45) is 8.15. The van der Waals surface area contributed by atoms with E-state index in [0.717, 1.165) is 18.6 Å².